The maximum atomic E-state index is 14.1. The van der Waals surface area contributed by atoms with Crippen LogP contribution in [0.4, 0.5) is 5.69 Å². The van der Waals surface area contributed by atoms with Crippen LogP contribution < -0.4 is 10.1 Å². The van der Waals surface area contributed by atoms with Gasteiger partial charge in [0, 0.05) is 41.9 Å². The first-order chi connectivity index (χ1) is 17.6. The number of nitrogens with zero attached hydrogens (tertiary/aromatic N) is 1. The lowest BCUT2D eigenvalue weighted by Gasteiger charge is -2.41. The van der Waals surface area contributed by atoms with Gasteiger partial charge in [-0.25, -0.2) is 0 Å². The van der Waals surface area contributed by atoms with Crippen LogP contribution in [0.25, 0.3) is 10.9 Å². The minimum Gasteiger partial charge on any atom is -0.492 e. The molecule has 4 aromatic rings. The maximum Gasteiger partial charge on any atom is 0.254 e. The standard InChI is InChI=1S/C29H29N3O4/c1-3-36-25-15-9-8-14-24(25)31-28(33)26-20-11-4-5-12-21(20)29(34)32(16-17-35-2)27(26)22-18-30-23-13-7-6-10-19(22)23/h4-15,18,26-27,30H,3,16-17H2,1-2H3,(H,31,33)/t26-,27-/m0/s1. The van der Waals surface area contributed by atoms with Crippen molar-refractivity contribution in [2.24, 2.45) is 0 Å². The highest BCUT2D eigenvalue weighted by atomic mass is 16.5. The van der Waals surface area contributed by atoms with E-state index >= 15 is 0 Å². The molecule has 0 aliphatic carbocycles. The number of fused-ring (bicyclic) bond motifs is 2. The van der Waals surface area contributed by atoms with Crippen LogP contribution in [-0.2, 0) is 9.53 Å². The van der Waals surface area contributed by atoms with E-state index in [2.05, 4.69) is 10.3 Å². The Morgan fingerprint density at radius 2 is 1.75 bits per heavy atom. The van der Waals surface area contributed by atoms with Gasteiger partial charge in [0.1, 0.15) is 5.75 Å². The van der Waals surface area contributed by atoms with Gasteiger partial charge >= 0.3 is 0 Å². The van der Waals surface area contributed by atoms with Gasteiger partial charge in [-0.15, -0.1) is 0 Å². The SMILES string of the molecule is CCOc1ccccc1NC(=O)[C@H]1c2ccccc2C(=O)N(CCOC)[C@H]1c1c[nH]c2ccccc12. The number of hydrogen-bond acceptors (Lipinski definition) is 4. The third-order valence-electron chi connectivity index (χ3n) is 6.64. The molecule has 5 rings (SSSR count). The molecule has 36 heavy (non-hydrogen) atoms. The van der Waals surface area contributed by atoms with Crippen molar-refractivity contribution in [1.29, 1.82) is 0 Å². The summed E-state index contributed by atoms with van der Waals surface area (Å²) in [5, 5.41) is 4.07. The quantitative estimate of drug-likeness (QED) is 0.364. The molecule has 0 saturated carbocycles. The lowest BCUT2D eigenvalue weighted by molar-refractivity contribution is -0.119. The molecule has 184 valence electrons. The Morgan fingerprint density at radius 1 is 1.00 bits per heavy atom. The predicted molar refractivity (Wildman–Crippen MR) is 139 cm³/mol. The Hall–Kier alpha value is -4.10. The monoisotopic (exact) mass is 483 g/mol. The maximum absolute atomic E-state index is 14.1. The molecular weight excluding hydrogens is 454 g/mol. The van der Waals surface area contributed by atoms with Crippen LogP contribution in [0.3, 0.4) is 0 Å². The number of rotatable bonds is 8. The smallest absolute Gasteiger partial charge is 0.254 e. The molecule has 1 aromatic heterocycles. The van der Waals surface area contributed by atoms with Gasteiger partial charge in [-0.3, -0.25) is 9.59 Å². The van der Waals surface area contributed by atoms with Crippen molar-refractivity contribution >= 4 is 28.4 Å². The van der Waals surface area contributed by atoms with Crippen LogP contribution in [0.1, 0.15) is 40.4 Å². The van der Waals surface area contributed by atoms with Gasteiger partial charge in [-0.05, 0) is 36.8 Å². The third kappa shape index (κ3) is 4.22. The van der Waals surface area contributed by atoms with Crippen LogP contribution in [0.2, 0.25) is 0 Å². The van der Waals surface area contributed by atoms with E-state index in [0.29, 0.717) is 42.3 Å². The Kier molecular flexibility index (Phi) is 6.73. The molecule has 7 nitrogen and oxygen atoms in total. The largest absolute Gasteiger partial charge is 0.492 e. The predicted octanol–water partition coefficient (Wildman–Crippen LogP) is 5.13. The highest BCUT2D eigenvalue weighted by molar-refractivity contribution is 6.05. The van der Waals surface area contributed by atoms with E-state index in [1.54, 1.807) is 18.1 Å². The van der Waals surface area contributed by atoms with Crippen molar-refractivity contribution < 1.29 is 19.1 Å². The summed E-state index contributed by atoms with van der Waals surface area (Å²) in [6.45, 7) is 3.10. The zero-order chi connectivity index (χ0) is 25.1. The van der Waals surface area contributed by atoms with E-state index in [9.17, 15) is 9.59 Å². The lowest BCUT2D eigenvalue weighted by atomic mass is 9.79. The van der Waals surface area contributed by atoms with Crippen molar-refractivity contribution in [3.63, 3.8) is 0 Å². The number of aromatic nitrogens is 1. The molecule has 0 saturated heterocycles. The summed E-state index contributed by atoms with van der Waals surface area (Å²) in [5.41, 5.74) is 3.68. The van der Waals surface area contributed by atoms with Gasteiger partial charge < -0.3 is 24.7 Å². The van der Waals surface area contributed by atoms with Crippen LogP contribution in [0.15, 0.2) is 79.0 Å². The molecule has 0 unspecified atom stereocenters. The van der Waals surface area contributed by atoms with Gasteiger partial charge in [-0.2, -0.15) is 0 Å². The van der Waals surface area contributed by atoms with E-state index < -0.39 is 12.0 Å². The highest BCUT2D eigenvalue weighted by Crippen LogP contribution is 2.45. The molecule has 2 N–H and O–H groups in total. The number of methoxy groups -OCH3 is 1. The number of hydrogen-bond donors (Lipinski definition) is 2. The van der Waals surface area contributed by atoms with Gasteiger partial charge in [-0.1, -0.05) is 48.5 Å². The number of benzene rings is 3. The van der Waals surface area contributed by atoms with Gasteiger partial charge in [0.2, 0.25) is 5.91 Å². The van der Waals surface area contributed by atoms with E-state index in [-0.39, 0.29) is 11.8 Å². The van der Waals surface area contributed by atoms with E-state index in [1.807, 2.05) is 79.9 Å². The van der Waals surface area contributed by atoms with Gasteiger partial charge in [0.15, 0.2) is 0 Å². The second-order valence-electron chi connectivity index (χ2n) is 8.71. The second-order valence-corrected chi connectivity index (χ2v) is 8.71. The Bertz CT molecular complexity index is 1400. The average molecular weight is 484 g/mol. The number of amides is 2. The third-order valence-corrected chi connectivity index (χ3v) is 6.64. The molecule has 2 amide bonds. The normalized spacial score (nSPS) is 17.2. The van der Waals surface area contributed by atoms with Gasteiger partial charge in [0.05, 0.1) is 30.9 Å². The van der Waals surface area contributed by atoms with Crippen LogP contribution in [-0.4, -0.2) is 48.6 Å². The summed E-state index contributed by atoms with van der Waals surface area (Å²) in [4.78, 5) is 32.9. The molecule has 2 atom stereocenters. The van der Waals surface area contributed by atoms with E-state index in [4.69, 9.17) is 9.47 Å². The topological polar surface area (TPSA) is 83.7 Å². The number of carbonyl (C=O) groups excluding carboxylic acids is 2. The fourth-order valence-corrected chi connectivity index (χ4v) is 5.06. The number of para-hydroxylation sites is 3. The van der Waals surface area contributed by atoms with Crippen LogP contribution >= 0.6 is 0 Å². The van der Waals surface area contributed by atoms with Crippen molar-refractivity contribution in [2.75, 3.05) is 32.2 Å². The lowest BCUT2D eigenvalue weighted by Crippen LogP contribution is -2.47. The molecule has 0 fully saturated rings. The van der Waals surface area contributed by atoms with E-state index in [0.717, 1.165) is 16.5 Å². The fraction of sp³-hybridized carbons (Fsp3) is 0.241. The summed E-state index contributed by atoms with van der Waals surface area (Å²) < 4.78 is 11.1. The molecule has 7 heteroatoms. The Labute approximate surface area is 210 Å². The van der Waals surface area contributed by atoms with Crippen LogP contribution in [0, 0.1) is 0 Å². The van der Waals surface area contributed by atoms with Crippen molar-refractivity contribution in [1.82, 2.24) is 9.88 Å². The Morgan fingerprint density at radius 3 is 2.58 bits per heavy atom. The summed E-state index contributed by atoms with van der Waals surface area (Å²) in [6, 6.07) is 22.2. The number of carbonyl (C=O) groups is 2. The second kappa shape index (κ2) is 10.3. The number of anilines is 1. The summed E-state index contributed by atoms with van der Waals surface area (Å²) in [6.07, 6.45) is 1.91. The molecular formula is C29H29N3O4. The minimum absolute atomic E-state index is 0.114. The van der Waals surface area contributed by atoms with Crippen molar-refractivity contribution in [3.05, 3.63) is 95.7 Å². The Balaban J connectivity index is 1.66. The molecule has 0 spiro atoms. The zero-order valence-electron chi connectivity index (χ0n) is 20.4. The summed E-state index contributed by atoms with van der Waals surface area (Å²) in [5.74, 6) is -0.366. The van der Waals surface area contributed by atoms with Crippen molar-refractivity contribution in [2.45, 2.75) is 18.9 Å². The molecule has 2 heterocycles. The summed E-state index contributed by atoms with van der Waals surface area (Å²) in [7, 11) is 1.61. The molecule has 1 aliphatic rings. The number of ether oxygens (including phenoxy) is 2. The zero-order valence-corrected chi connectivity index (χ0v) is 20.4. The number of nitrogens with one attached hydrogen (secondary N) is 2. The first kappa shape index (κ1) is 23.6. The van der Waals surface area contributed by atoms with Crippen LogP contribution in [0.5, 0.6) is 5.75 Å². The molecule has 3 aromatic carbocycles. The first-order valence-corrected chi connectivity index (χ1v) is 12.1. The first-order valence-electron chi connectivity index (χ1n) is 12.1. The molecule has 1 aliphatic heterocycles. The average Bonchev–Trinajstić information content (AvgIpc) is 3.33. The summed E-state index contributed by atoms with van der Waals surface area (Å²) >= 11 is 0. The van der Waals surface area contributed by atoms with Gasteiger partial charge in [0.25, 0.3) is 5.91 Å². The van der Waals surface area contributed by atoms with Crippen molar-refractivity contribution in [3.8, 4) is 5.75 Å². The molecule has 0 radical (unpaired) electrons. The van der Waals surface area contributed by atoms with E-state index in [1.165, 1.54) is 0 Å². The number of aromatic amines is 1. The molecule has 0 bridgehead atoms. The fourth-order valence-electron chi connectivity index (χ4n) is 5.06. The highest BCUT2D eigenvalue weighted by Gasteiger charge is 2.45. The minimum atomic E-state index is -0.648. The number of H-pyrrole nitrogens is 1.